The van der Waals surface area contributed by atoms with Gasteiger partial charge in [0.2, 0.25) is 0 Å². The Morgan fingerprint density at radius 1 is 1.24 bits per heavy atom. The second-order valence-corrected chi connectivity index (χ2v) is 9.03. The highest BCUT2D eigenvalue weighted by Crippen LogP contribution is 2.30. The van der Waals surface area contributed by atoms with E-state index in [1.54, 1.807) is 14.2 Å². The average molecular weight is 558 g/mol. The van der Waals surface area contributed by atoms with Crippen LogP contribution in [0.1, 0.15) is 25.7 Å². The van der Waals surface area contributed by atoms with Crippen LogP contribution in [0.25, 0.3) is 0 Å². The van der Waals surface area contributed by atoms with Crippen molar-refractivity contribution in [3.63, 3.8) is 0 Å². The number of nitrogens with zero attached hydrogens (tertiary/aromatic N) is 2. The Balaban J connectivity index is 0.00000420. The van der Waals surface area contributed by atoms with Gasteiger partial charge in [-0.2, -0.15) is 17.5 Å². The Hall–Kier alpha value is -0.380. The van der Waals surface area contributed by atoms with Gasteiger partial charge in [0.15, 0.2) is 5.96 Å². The molecule has 2 aliphatic heterocycles. The molecule has 0 saturated carbocycles. The average Bonchev–Trinajstić information content (AvgIpc) is 2.68. The van der Waals surface area contributed by atoms with Crippen LogP contribution in [0.2, 0.25) is 0 Å². The smallest absolute Gasteiger partial charge is 0.381 e. The summed E-state index contributed by atoms with van der Waals surface area (Å²) in [6.45, 7) is 2.08. The van der Waals surface area contributed by atoms with E-state index < -0.39 is 15.5 Å². The fraction of sp³-hybridized carbons (Fsp3) is 0.938. The highest BCUT2D eigenvalue weighted by molar-refractivity contribution is 14.0. The minimum atomic E-state index is -5.24. The van der Waals surface area contributed by atoms with Crippen LogP contribution in [0.4, 0.5) is 13.2 Å². The molecule has 2 saturated heterocycles. The summed E-state index contributed by atoms with van der Waals surface area (Å²) >= 11 is 0. The van der Waals surface area contributed by atoms with Gasteiger partial charge in [-0.05, 0) is 18.8 Å². The van der Waals surface area contributed by atoms with E-state index in [0.29, 0.717) is 49.4 Å². The van der Waals surface area contributed by atoms with Gasteiger partial charge < -0.3 is 20.1 Å². The Morgan fingerprint density at radius 2 is 1.83 bits per heavy atom. The lowest BCUT2D eigenvalue weighted by Crippen LogP contribution is -2.51. The molecule has 29 heavy (non-hydrogen) atoms. The van der Waals surface area contributed by atoms with E-state index in [1.807, 2.05) is 0 Å². The van der Waals surface area contributed by atoms with Crippen LogP contribution in [-0.2, 0) is 19.5 Å². The molecule has 0 bridgehead atoms. The SMILES string of the molecule is CN=C(NCC1CCN(S(=O)(=O)C(F)(F)F)CC1)NCC1(OC)CCOCC1.I. The summed E-state index contributed by atoms with van der Waals surface area (Å²) in [6.07, 6.45) is 2.27. The number of hydrogen-bond donors (Lipinski definition) is 2. The molecule has 0 aromatic heterocycles. The number of piperidine rings is 1. The third-order valence-corrected chi connectivity index (χ3v) is 7.03. The van der Waals surface area contributed by atoms with Crippen LogP contribution in [0.15, 0.2) is 4.99 Å². The number of ether oxygens (including phenoxy) is 2. The van der Waals surface area contributed by atoms with Crippen molar-refractivity contribution in [1.29, 1.82) is 0 Å². The van der Waals surface area contributed by atoms with Crippen molar-refractivity contribution in [2.45, 2.75) is 36.8 Å². The van der Waals surface area contributed by atoms with E-state index in [0.717, 1.165) is 12.8 Å². The molecule has 0 amide bonds. The maximum absolute atomic E-state index is 12.6. The monoisotopic (exact) mass is 558 g/mol. The summed E-state index contributed by atoms with van der Waals surface area (Å²) in [4.78, 5) is 4.16. The van der Waals surface area contributed by atoms with Crippen LogP contribution in [-0.4, -0.2) is 83.3 Å². The fourth-order valence-electron chi connectivity index (χ4n) is 3.40. The maximum Gasteiger partial charge on any atom is 0.511 e. The molecular weight excluding hydrogens is 528 g/mol. The maximum atomic E-state index is 12.6. The predicted molar refractivity (Wildman–Crippen MR) is 114 cm³/mol. The van der Waals surface area contributed by atoms with E-state index in [-0.39, 0.29) is 48.6 Å². The van der Waals surface area contributed by atoms with Gasteiger partial charge in [-0.3, -0.25) is 4.99 Å². The number of methoxy groups -OCH3 is 1. The van der Waals surface area contributed by atoms with Crippen LogP contribution in [0, 0.1) is 5.92 Å². The Kier molecular flexibility index (Phi) is 10.4. The van der Waals surface area contributed by atoms with Crippen LogP contribution in [0.5, 0.6) is 0 Å². The molecule has 2 heterocycles. The largest absolute Gasteiger partial charge is 0.511 e. The summed E-state index contributed by atoms with van der Waals surface area (Å²) in [6, 6.07) is 0. The molecule has 2 aliphatic rings. The Bertz CT molecular complexity index is 635. The third-order valence-electron chi connectivity index (χ3n) is 5.40. The summed E-state index contributed by atoms with van der Waals surface area (Å²) < 4.78 is 72.3. The fourth-order valence-corrected chi connectivity index (χ4v) is 4.39. The lowest BCUT2D eigenvalue weighted by Gasteiger charge is -2.36. The number of halogens is 4. The standard InChI is InChI=1S/C16H29F3N4O4S.HI/c1-20-14(22-12-15(26-2)5-9-27-10-6-15)21-11-13-3-7-23(8-4-13)28(24,25)16(17,18)19;/h13H,3-12H2,1-2H3,(H2,20,21,22);1H. The highest BCUT2D eigenvalue weighted by Gasteiger charge is 2.50. The van der Waals surface area contributed by atoms with Crippen LogP contribution < -0.4 is 10.6 Å². The molecule has 0 aromatic carbocycles. The first-order valence-electron chi connectivity index (χ1n) is 9.27. The molecule has 0 aromatic rings. The molecule has 0 spiro atoms. The molecule has 0 unspecified atom stereocenters. The van der Waals surface area contributed by atoms with Gasteiger partial charge in [-0.15, -0.1) is 24.0 Å². The zero-order valence-corrected chi connectivity index (χ0v) is 19.8. The number of sulfonamides is 1. The van der Waals surface area contributed by atoms with Gasteiger partial charge in [-0.25, -0.2) is 8.42 Å². The Morgan fingerprint density at radius 3 is 2.31 bits per heavy atom. The molecule has 2 rings (SSSR count). The zero-order valence-electron chi connectivity index (χ0n) is 16.6. The van der Waals surface area contributed by atoms with Gasteiger partial charge in [0.1, 0.15) is 0 Å². The first kappa shape index (κ1) is 26.7. The first-order chi connectivity index (χ1) is 13.1. The quantitative estimate of drug-likeness (QED) is 0.292. The Labute approximate surface area is 187 Å². The number of hydrogen-bond acceptors (Lipinski definition) is 5. The molecule has 13 heteroatoms. The van der Waals surface area contributed by atoms with Gasteiger partial charge >= 0.3 is 15.5 Å². The van der Waals surface area contributed by atoms with Gasteiger partial charge in [-0.1, -0.05) is 0 Å². The van der Waals surface area contributed by atoms with Gasteiger partial charge in [0, 0.05) is 66.4 Å². The summed E-state index contributed by atoms with van der Waals surface area (Å²) in [5.41, 5.74) is -5.56. The van der Waals surface area contributed by atoms with Crippen LogP contribution >= 0.6 is 24.0 Å². The lowest BCUT2D eigenvalue weighted by molar-refractivity contribution is -0.0855. The number of guanidine groups is 1. The normalized spacial score (nSPS) is 22.0. The summed E-state index contributed by atoms with van der Waals surface area (Å²) in [5.74, 6) is 0.644. The number of rotatable bonds is 6. The van der Waals surface area contributed by atoms with E-state index in [4.69, 9.17) is 9.47 Å². The summed E-state index contributed by atoms with van der Waals surface area (Å²) in [7, 11) is -1.93. The van der Waals surface area contributed by atoms with Crippen molar-refractivity contribution in [2.75, 3.05) is 53.6 Å². The molecule has 2 fully saturated rings. The van der Waals surface area contributed by atoms with Crippen molar-refractivity contribution >= 4 is 40.0 Å². The molecule has 2 N–H and O–H groups in total. The van der Waals surface area contributed by atoms with Crippen molar-refractivity contribution < 1.29 is 31.1 Å². The number of aliphatic imine (C=N–C) groups is 1. The van der Waals surface area contributed by atoms with E-state index >= 15 is 0 Å². The zero-order chi connectivity index (χ0) is 20.8. The first-order valence-corrected chi connectivity index (χ1v) is 10.7. The molecule has 0 radical (unpaired) electrons. The van der Waals surface area contributed by atoms with Crippen molar-refractivity contribution in [2.24, 2.45) is 10.9 Å². The van der Waals surface area contributed by atoms with E-state index in [9.17, 15) is 21.6 Å². The minimum absolute atomic E-state index is 0. The summed E-state index contributed by atoms with van der Waals surface area (Å²) in [5, 5.41) is 6.39. The molecule has 0 atom stereocenters. The minimum Gasteiger partial charge on any atom is -0.381 e. The molecule has 8 nitrogen and oxygen atoms in total. The molecular formula is C16H30F3IN4O4S. The lowest BCUT2D eigenvalue weighted by atomic mass is 9.94. The van der Waals surface area contributed by atoms with Gasteiger partial charge in [0.25, 0.3) is 0 Å². The van der Waals surface area contributed by atoms with Crippen molar-refractivity contribution in [3.05, 3.63) is 0 Å². The molecule has 172 valence electrons. The van der Waals surface area contributed by atoms with E-state index in [2.05, 4.69) is 15.6 Å². The predicted octanol–water partition coefficient (Wildman–Crippen LogP) is 1.53. The number of nitrogens with one attached hydrogen (secondary N) is 2. The van der Waals surface area contributed by atoms with Gasteiger partial charge in [0.05, 0.1) is 5.60 Å². The molecule has 0 aliphatic carbocycles. The van der Waals surface area contributed by atoms with Crippen LogP contribution in [0.3, 0.4) is 0 Å². The topological polar surface area (TPSA) is 92.3 Å². The van der Waals surface area contributed by atoms with Crippen molar-refractivity contribution in [1.82, 2.24) is 14.9 Å². The second-order valence-electron chi connectivity index (χ2n) is 7.10. The van der Waals surface area contributed by atoms with E-state index in [1.165, 1.54) is 0 Å². The van der Waals surface area contributed by atoms with Crippen molar-refractivity contribution in [3.8, 4) is 0 Å². The second kappa shape index (κ2) is 11.3. The number of alkyl halides is 3. The third kappa shape index (κ3) is 7.08. The highest BCUT2D eigenvalue weighted by atomic mass is 127.